The Hall–Kier alpha value is -3.35. The summed E-state index contributed by atoms with van der Waals surface area (Å²) in [5.74, 6) is -1.78. The third kappa shape index (κ3) is 4.61. The van der Waals surface area contributed by atoms with Crippen LogP contribution in [0.5, 0.6) is 11.5 Å². The molecule has 0 aliphatic carbocycles. The third-order valence-electron chi connectivity index (χ3n) is 5.44. The molecule has 1 amide bonds. The van der Waals surface area contributed by atoms with Crippen molar-refractivity contribution in [3.63, 3.8) is 0 Å². The van der Waals surface area contributed by atoms with E-state index in [1.165, 1.54) is 24.1 Å². The van der Waals surface area contributed by atoms with Gasteiger partial charge in [-0.15, -0.1) is 0 Å². The first-order chi connectivity index (χ1) is 15.4. The first-order valence-corrected chi connectivity index (χ1v) is 10.8. The monoisotopic (exact) mass is 441 g/mol. The number of likely N-dealkylation sites (tertiary alicyclic amines) is 1. The molecule has 0 bridgehead atoms. The Balaban J connectivity index is 2.19. The van der Waals surface area contributed by atoms with Gasteiger partial charge in [0.05, 0.1) is 30.9 Å². The Kier molecular flexibility index (Phi) is 7.51. The molecule has 1 N–H and O–H groups in total. The number of halogens is 1. The number of hydrogen-bond donors (Lipinski definition) is 1. The lowest BCUT2D eigenvalue weighted by atomic mass is 9.94. The molecule has 0 saturated carbocycles. The van der Waals surface area contributed by atoms with E-state index in [1.807, 2.05) is 13.8 Å². The van der Waals surface area contributed by atoms with E-state index in [0.717, 1.165) is 18.9 Å². The first-order valence-electron chi connectivity index (χ1n) is 10.8. The third-order valence-corrected chi connectivity index (χ3v) is 5.44. The van der Waals surface area contributed by atoms with E-state index in [9.17, 15) is 19.1 Å². The van der Waals surface area contributed by atoms with Crippen LogP contribution in [0.2, 0.25) is 0 Å². The second kappa shape index (κ2) is 10.3. The number of unbranched alkanes of at least 4 members (excludes halogenated alkanes) is 2. The number of Topliss-reactive ketones (excluding diaryl/α,β-unsaturated/α-hetero) is 1. The topological polar surface area (TPSA) is 76.1 Å². The molecule has 1 aliphatic rings. The van der Waals surface area contributed by atoms with Crippen molar-refractivity contribution in [2.24, 2.45) is 0 Å². The smallest absolute Gasteiger partial charge is 0.295 e. The van der Waals surface area contributed by atoms with E-state index < -0.39 is 29.3 Å². The van der Waals surface area contributed by atoms with Crippen LogP contribution in [0.3, 0.4) is 0 Å². The minimum atomic E-state index is -0.819. The van der Waals surface area contributed by atoms with Crippen LogP contribution < -0.4 is 9.47 Å². The number of carbonyl (C=O) groups is 2. The Labute approximate surface area is 187 Å². The van der Waals surface area contributed by atoms with Gasteiger partial charge in [-0.25, -0.2) is 4.39 Å². The van der Waals surface area contributed by atoms with Crippen LogP contribution in [0.15, 0.2) is 48.0 Å². The summed E-state index contributed by atoms with van der Waals surface area (Å²) in [4.78, 5) is 27.5. The summed E-state index contributed by atoms with van der Waals surface area (Å²) in [5.41, 5.74) is 0.553. The lowest BCUT2D eigenvalue weighted by Gasteiger charge is -2.25. The quantitative estimate of drug-likeness (QED) is 0.261. The number of carbonyl (C=O) groups excluding carboxylic acids is 2. The summed E-state index contributed by atoms with van der Waals surface area (Å²) in [6.07, 6.45) is 2.57. The number of rotatable bonds is 9. The van der Waals surface area contributed by atoms with Crippen LogP contribution >= 0.6 is 0 Å². The lowest BCUT2D eigenvalue weighted by Crippen LogP contribution is -2.30. The predicted molar refractivity (Wildman–Crippen MR) is 119 cm³/mol. The van der Waals surface area contributed by atoms with Crippen molar-refractivity contribution in [3.8, 4) is 11.5 Å². The first kappa shape index (κ1) is 23.3. The number of aliphatic hydroxyl groups excluding tert-OH is 1. The lowest BCUT2D eigenvalue weighted by molar-refractivity contribution is -0.139. The Morgan fingerprint density at radius 2 is 1.91 bits per heavy atom. The predicted octanol–water partition coefficient (Wildman–Crippen LogP) is 4.84. The van der Waals surface area contributed by atoms with Gasteiger partial charge in [-0.05, 0) is 49.2 Å². The molecular formula is C25H28FNO5. The zero-order valence-electron chi connectivity index (χ0n) is 18.6. The fourth-order valence-electron chi connectivity index (χ4n) is 3.94. The van der Waals surface area contributed by atoms with Crippen molar-refractivity contribution in [1.82, 2.24) is 4.90 Å². The Morgan fingerprint density at radius 3 is 2.59 bits per heavy atom. The molecule has 0 aromatic heterocycles. The van der Waals surface area contributed by atoms with Crippen LogP contribution in [-0.4, -0.2) is 42.0 Å². The van der Waals surface area contributed by atoms with E-state index in [-0.39, 0.29) is 16.9 Å². The molecule has 7 heteroatoms. The molecule has 1 saturated heterocycles. The Bertz CT molecular complexity index is 1030. The molecule has 1 fully saturated rings. The van der Waals surface area contributed by atoms with Gasteiger partial charge in [0.15, 0.2) is 0 Å². The van der Waals surface area contributed by atoms with Gasteiger partial charge in [-0.3, -0.25) is 9.59 Å². The van der Waals surface area contributed by atoms with Crippen LogP contribution in [0.4, 0.5) is 4.39 Å². The second-order valence-electron chi connectivity index (χ2n) is 7.55. The van der Waals surface area contributed by atoms with E-state index in [4.69, 9.17) is 9.47 Å². The van der Waals surface area contributed by atoms with E-state index >= 15 is 0 Å². The van der Waals surface area contributed by atoms with Crippen molar-refractivity contribution in [1.29, 1.82) is 0 Å². The summed E-state index contributed by atoms with van der Waals surface area (Å²) in [7, 11) is 1.39. The normalized spacial score (nSPS) is 17.6. The molecule has 1 heterocycles. The molecule has 6 nitrogen and oxygen atoms in total. The van der Waals surface area contributed by atoms with Crippen LogP contribution in [0.1, 0.15) is 50.3 Å². The Morgan fingerprint density at radius 1 is 1.12 bits per heavy atom. The molecule has 32 heavy (non-hydrogen) atoms. The summed E-state index contributed by atoms with van der Waals surface area (Å²) < 4.78 is 24.8. The van der Waals surface area contributed by atoms with Crippen molar-refractivity contribution >= 4 is 17.4 Å². The average molecular weight is 441 g/mol. The number of methoxy groups -OCH3 is 1. The maximum absolute atomic E-state index is 14.0. The molecule has 0 radical (unpaired) electrons. The molecule has 1 aliphatic heterocycles. The summed E-state index contributed by atoms with van der Waals surface area (Å²) in [6, 6.07) is 9.92. The van der Waals surface area contributed by atoms with Gasteiger partial charge >= 0.3 is 0 Å². The molecule has 2 aromatic rings. The SMILES string of the molecule is CCCCCN1C(=O)C(=O)/C(=C(/O)c2cc(F)ccc2OC)C1c1cccc(OCC)c1. The molecule has 1 unspecified atom stereocenters. The fourth-order valence-corrected chi connectivity index (χ4v) is 3.94. The number of hydrogen-bond acceptors (Lipinski definition) is 5. The van der Waals surface area contributed by atoms with Crippen molar-refractivity contribution in [2.45, 2.75) is 39.2 Å². The standard InChI is InChI=1S/C25H28FNO5/c1-4-6-7-13-27-22(16-9-8-10-18(14-16)32-5-2)21(24(29)25(27)30)23(28)19-15-17(26)11-12-20(19)31-3/h8-12,14-15,22,28H,4-7,13H2,1-3H3/b23-21+. The van der Waals surface area contributed by atoms with Gasteiger partial charge in [-0.2, -0.15) is 0 Å². The van der Waals surface area contributed by atoms with Gasteiger partial charge < -0.3 is 19.5 Å². The van der Waals surface area contributed by atoms with Crippen LogP contribution in [0, 0.1) is 5.82 Å². The van der Waals surface area contributed by atoms with E-state index in [2.05, 4.69) is 0 Å². The number of aliphatic hydroxyl groups is 1. The highest BCUT2D eigenvalue weighted by atomic mass is 19.1. The second-order valence-corrected chi connectivity index (χ2v) is 7.55. The van der Waals surface area contributed by atoms with Crippen LogP contribution in [-0.2, 0) is 9.59 Å². The summed E-state index contributed by atoms with van der Waals surface area (Å²) in [5, 5.41) is 11.1. The molecule has 1 atom stereocenters. The van der Waals surface area contributed by atoms with Gasteiger partial charge in [0.2, 0.25) is 0 Å². The molecule has 3 rings (SSSR count). The van der Waals surface area contributed by atoms with Crippen LogP contribution in [0.25, 0.3) is 5.76 Å². The number of ether oxygens (including phenoxy) is 2. The minimum Gasteiger partial charge on any atom is -0.507 e. The maximum atomic E-state index is 14.0. The number of benzene rings is 2. The van der Waals surface area contributed by atoms with Gasteiger partial charge in [0, 0.05) is 6.54 Å². The van der Waals surface area contributed by atoms with Crippen molar-refractivity contribution in [3.05, 3.63) is 65.0 Å². The highest BCUT2D eigenvalue weighted by Crippen LogP contribution is 2.41. The van der Waals surface area contributed by atoms with Crippen molar-refractivity contribution in [2.75, 3.05) is 20.3 Å². The van der Waals surface area contributed by atoms with E-state index in [1.54, 1.807) is 24.3 Å². The zero-order valence-corrected chi connectivity index (χ0v) is 18.6. The summed E-state index contributed by atoms with van der Waals surface area (Å²) in [6.45, 7) is 4.73. The zero-order chi connectivity index (χ0) is 23.3. The van der Waals surface area contributed by atoms with Crippen molar-refractivity contribution < 1.29 is 28.6 Å². The number of ketones is 1. The number of amides is 1. The molecule has 0 spiro atoms. The highest BCUT2D eigenvalue weighted by Gasteiger charge is 2.46. The van der Waals surface area contributed by atoms with Gasteiger partial charge in [0.1, 0.15) is 23.1 Å². The largest absolute Gasteiger partial charge is 0.507 e. The minimum absolute atomic E-state index is 0.0185. The fraction of sp³-hybridized carbons (Fsp3) is 0.360. The highest BCUT2D eigenvalue weighted by molar-refractivity contribution is 6.46. The molecule has 2 aromatic carbocycles. The number of nitrogens with zero attached hydrogens (tertiary/aromatic N) is 1. The maximum Gasteiger partial charge on any atom is 0.295 e. The van der Waals surface area contributed by atoms with Gasteiger partial charge in [0.25, 0.3) is 11.7 Å². The average Bonchev–Trinajstić information content (AvgIpc) is 3.04. The van der Waals surface area contributed by atoms with Gasteiger partial charge in [-0.1, -0.05) is 31.9 Å². The molecule has 170 valence electrons. The molecular weight excluding hydrogens is 413 g/mol. The van der Waals surface area contributed by atoms with E-state index in [0.29, 0.717) is 30.9 Å². The summed E-state index contributed by atoms with van der Waals surface area (Å²) >= 11 is 0.